The zero-order chi connectivity index (χ0) is 20.4. The van der Waals surface area contributed by atoms with Crippen LogP contribution in [0.3, 0.4) is 0 Å². The van der Waals surface area contributed by atoms with Gasteiger partial charge < -0.3 is 5.32 Å². The lowest BCUT2D eigenvalue weighted by atomic mass is 10.1. The number of aromatic nitrogens is 2. The van der Waals surface area contributed by atoms with Gasteiger partial charge in [-0.1, -0.05) is 12.1 Å². The standard InChI is InChI=1S/C17H17N5O4S2/c1-27(23,24)22-14-4-2-12(3-5-14)16-10-11-19-17(21-16)20-13-6-8-15(9-7-13)28(18,25)26/h2-11,22H,1H3,(H2,18,25,26)(H,19,20,21). The summed E-state index contributed by atoms with van der Waals surface area (Å²) in [7, 11) is -7.09. The predicted molar refractivity (Wildman–Crippen MR) is 107 cm³/mol. The van der Waals surface area contributed by atoms with Gasteiger partial charge in [0.1, 0.15) is 0 Å². The fourth-order valence-electron chi connectivity index (χ4n) is 2.36. The van der Waals surface area contributed by atoms with Crippen molar-refractivity contribution in [2.24, 2.45) is 5.14 Å². The van der Waals surface area contributed by atoms with E-state index in [1.54, 1.807) is 48.7 Å². The van der Waals surface area contributed by atoms with Gasteiger partial charge in [0.05, 0.1) is 16.8 Å². The Morgan fingerprint density at radius 2 is 1.46 bits per heavy atom. The van der Waals surface area contributed by atoms with Gasteiger partial charge in [-0.2, -0.15) is 0 Å². The number of anilines is 3. The molecule has 0 saturated carbocycles. The van der Waals surface area contributed by atoms with Crippen LogP contribution < -0.4 is 15.2 Å². The number of sulfonamides is 2. The van der Waals surface area contributed by atoms with E-state index < -0.39 is 20.0 Å². The summed E-state index contributed by atoms with van der Waals surface area (Å²) in [6, 6.07) is 14.3. The van der Waals surface area contributed by atoms with Gasteiger partial charge in [0.2, 0.25) is 26.0 Å². The van der Waals surface area contributed by atoms with Gasteiger partial charge in [0, 0.05) is 23.1 Å². The SMILES string of the molecule is CS(=O)(=O)Nc1ccc(-c2ccnc(Nc3ccc(S(N)(=O)=O)cc3)n2)cc1. The highest BCUT2D eigenvalue weighted by atomic mass is 32.2. The minimum Gasteiger partial charge on any atom is -0.324 e. The molecule has 1 heterocycles. The smallest absolute Gasteiger partial charge is 0.238 e. The first-order valence-corrected chi connectivity index (χ1v) is 11.4. The zero-order valence-electron chi connectivity index (χ0n) is 14.7. The molecule has 0 aliphatic carbocycles. The van der Waals surface area contributed by atoms with Gasteiger partial charge in [0.25, 0.3) is 0 Å². The van der Waals surface area contributed by atoms with E-state index in [9.17, 15) is 16.8 Å². The molecule has 0 amide bonds. The Kier molecular flexibility index (Phi) is 5.31. The van der Waals surface area contributed by atoms with Gasteiger partial charge in [-0.25, -0.2) is 31.9 Å². The third-order valence-corrected chi connectivity index (χ3v) is 5.11. The van der Waals surface area contributed by atoms with Crippen molar-refractivity contribution in [3.05, 3.63) is 60.8 Å². The molecule has 0 radical (unpaired) electrons. The Hall–Kier alpha value is -3.02. The topological polar surface area (TPSA) is 144 Å². The van der Waals surface area contributed by atoms with Crippen molar-refractivity contribution in [2.75, 3.05) is 16.3 Å². The molecular weight excluding hydrogens is 402 g/mol. The number of hydrogen-bond acceptors (Lipinski definition) is 7. The molecule has 0 spiro atoms. The molecule has 2 aromatic carbocycles. The summed E-state index contributed by atoms with van der Waals surface area (Å²) in [6.45, 7) is 0. The molecular formula is C17H17N5O4S2. The maximum absolute atomic E-state index is 11.3. The number of rotatable bonds is 6. The molecule has 0 saturated heterocycles. The lowest BCUT2D eigenvalue weighted by molar-refractivity contribution is 0.597. The normalized spacial score (nSPS) is 11.8. The predicted octanol–water partition coefficient (Wildman–Crippen LogP) is 1.91. The van der Waals surface area contributed by atoms with Crippen LogP contribution in [0.25, 0.3) is 11.3 Å². The molecule has 9 nitrogen and oxygen atoms in total. The highest BCUT2D eigenvalue weighted by Crippen LogP contribution is 2.22. The van der Waals surface area contributed by atoms with Crippen molar-refractivity contribution in [2.45, 2.75) is 4.90 Å². The van der Waals surface area contributed by atoms with Gasteiger partial charge in [-0.05, 0) is 42.5 Å². The fraction of sp³-hybridized carbons (Fsp3) is 0.0588. The number of primary sulfonamides is 1. The Morgan fingerprint density at radius 1 is 0.857 bits per heavy atom. The van der Waals surface area contributed by atoms with E-state index in [4.69, 9.17) is 5.14 Å². The molecule has 0 aliphatic rings. The summed E-state index contributed by atoms with van der Waals surface area (Å²) in [6.07, 6.45) is 2.66. The molecule has 0 fully saturated rings. The van der Waals surface area contributed by atoms with Crippen LogP contribution >= 0.6 is 0 Å². The highest BCUT2D eigenvalue weighted by molar-refractivity contribution is 7.92. The number of nitrogens with zero attached hydrogens (tertiary/aromatic N) is 2. The highest BCUT2D eigenvalue weighted by Gasteiger charge is 2.08. The molecule has 11 heteroatoms. The van der Waals surface area contributed by atoms with E-state index in [0.717, 1.165) is 11.8 Å². The monoisotopic (exact) mass is 419 g/mol. The Balaban J connectivity index is 1.79. The van der Waals surface area contributed by atoms with Crippen LogP contribution in [0.2, 0.25) is 0 Å². The summed E-state index contributed by atoms with van der Waals surface area (Å²) in [5, 5.41) is 8.06. The van der Waals surface area contributed by atoms with Crippen LogP contribution in [0.1, 0.15) is 0 Å². The van der Waals surface area contributed by atoms with Crippen molar-refractivity contribution in [3.8, 4) is 11.3 Å². The second-order valence-corrected chi connectivity index (χ2v) is 9.22. The van der Waals surface area contributed by atoms with E-state index in [1.165, 1.54) is 12.1 Å². The first-order valence-electron chi connectivity index (χ1n) is 7.91. The molecule has 0 aliphatic heterocycles. The van der Waals surface area contributed by atoms with Gasteiger partial charge >= 0.3 is 0 Å². The molecule has 0 unspecified atom stereocenters. The third-order valence-electron chi connectivity index (χ3n) is 3.58. The van der Waals surface area contributed by atoms with Crippen molar-refractivity contribution >= 4 is 37.4 Å². The summed E-state index contributed by atoms with van der Waals surface area (Å²) in [4.78, 5) is 8.56. The number of nitrogens with one attached hydrogen (secondary N) is 2. The number of nitrogens with two attached hydrogens (primary N) is 1. The number of hydrogen-bond donors (Lipinski definition) is 3. The van der Waals surface area contributed by atoms with Crippen molar-refractivity contribution in [3.63, 3.8) is 0 Å². The van der Waals surface area contributed by atoms with E-state index in [-0.39, 0.29) is 4.90 Å². The van der Waals surface area contributed by atoms with Crippen LogP contribution in [0, 0.1) is 0 Å². The molecule has 3 rings (SSSR count). The Morgan fingerprint density at radius 3 is 2.04 bits per heavy atom. The maximum Gasteiger partial charge on any atom is 0.238 e. The minimum atomic E-state index is -3.75. The molecule has 146 valence electrons. The number of benzene rings is 2. The average molecular weight is 419 g/mol. The second-order valence-electron chi connectivity index (χ2n) is 5.91. The zero-order valence-corrected chi connectivity index (χ0v) is 16.3. The van der Waals surface area contributed by atoms with Crippen molar-refractivity contribution in [1.82, 2.24) is 9.97 Å². The minimum absolute atomic E-state index is 0.00973. The van der Waals surface area contributed by atoms with Crippen LogP contribution in [-0.4, -0.2) is 33.1 Å². The van der Waals surface area contributed by atoms with Gasteiger partial charge in [0.15, 0.2) is 0 Å². The molecule has 1 aromatic heterocycles. The van der Waals surface area contributed by atoms with Crippen molar-refractivity contribution < 1.29 is 16.8 Å². The first kappa shape index (κ1) is 19.7. The molecule has 0 atom stereocenters. The molecule has 28 heavy (non-hydrogen) atoms. The molecule has 4 N–H and O–H groups in total. The quantitative estimate of drug-likeness (QED) is 0.553. The summed E-state index contributed by atoms with van der Waals surface area (Å²) < 4.78 is 47.5. The van der Waals surface area contributed by atoms with Gasteiger partial charge in [-0.15, -0.1) is 0 Å². The molecule has 0 bridgehead atoms. The summed E-state index contributed by atoms with van der Waals surface area (Å²) in [5.74, 6) is 0.319. The Bertz CT molecular complexity index is 1190. The lowest BCUT2D eigenvalue weighted by Gasteiger charge is -2.08. The largest absolute Gasteiger partial charge is 0.324 e. The summed E-state index contributed by atoms with van der Waals surface area (Å²) in [5.41, 5.74) is 2.45. The van der Waals surface area contributed by atoms with Crippen molar-refractivity contribution in [1.29, 1.82) is 0 Å². The van der Waals surface area contributed by atoms with E-state index in [1.807, 2.05) is 0 Å². The Labute approximate surface area is 162 Å². The second kappa shape index (κ2) is 7.54. The van der Waals surface area contributed by atoms with E-state index >= 15 is 0 Å². The van der Waals surface area contributed by atoms with Crippen LogP contribution in [0.4, 0.5) is 17.3 Å². The fourth-order valence-corrected chi connectivity index (χ4v) is 3.44. The third kappa shape index (κ3) is 5.25. The van der Waals surface area contributed by atoms with E-state index in [2.05, 4.69) is 20.0 Å². The average Bonchev–Trinajstić information content (AvgIpc) is 2.61. The van der Waals surface area contributed by atoms with Crippen LogP contribution in [-0.2, 0) is 20.0 Å². The maximum atomic E-state index is 11.3. The van der Waals surface area contributed by atoms with Crippen LogP contribution in [0.15, 0.2) is 65.7 Å². The summed E-state index contributed by atoms with van der Waals surface area (Å²) >= 11 is 0. The molecule has 3 aromatic rings. The lowest BCUT2D eigenvalue weighted by Crippen LogP contribution is -2.11. The van der Waals surface area contributed by atoms with Crippen LogP contribution in [0.5, 0.6) is 0 Å². The first-order chi connectivity index (χ1) is 13.1. The van der Waals surface area contributed by atoms with Gasteiger partial charge in [-0.3, -0.25) is 4.72 Å². The van der Waals surface area contributed by atoms with E-state index in [0.29, 0.717) is 23.0 Å².